The van der Waals surface area contributed by atoms with Crippen molar-refractivity contribution in [1.29, 1.82) is 0 Å². The third-order valence-electron chi connectivity index (χ3n) is 2.34. The van der Waals surface area contributed by atoms with Gasteiger partial charge in [0.25, 0.3) is 0 Å². The molecule has 2 rings (SSSR count). The van der Waals surface area contributed by atoms with Crippen molar-refractivity contribution in [2.75, 3.05) is 5.73 Å². The maximum Gasteiger partial charge on any atom is 0.106 e. The van der Waals surface area contributed by atoms with Crippen LogP contribution in [-0.2, 0) is 6.42 Å². The molecule has 0 unspecified atom stereocenters. The van der Waals surface area contributed by atoms with Crippen molar-refractivity contribution in [1.82, 2.24) is 9.97 Å². The summed E-state index contributed by atoms with van der Waals surface area (Å²) in [5.41, 5.74) is 8.59. The predicted molar refractivity (Wildman–Crippen MR) is 62.4 cm³/mol. The molecule has 3 N–H and O–H groups in total. The highest BCUT2D eigenvalue weighted by Gasteiger charge is 2.01. The summed E-state index contributed by atoms with van der Waals surface area (Å²) < 4.78 is 0. The predicted octanol–water partition coefficient (Wildman–Crippen LogP) is 2.61. The SMILES string of the molecule is CCCc1ncc(-c2ccc(N)cc2)[nH]1. The molecule has 0 spiro atoms. The summed E-state index contributed by atoms with van der Waals surface area (Å²) in [4.78, 5) is 7.62. The molecular formula is C12H15N3. The zero-order chi connectivity index (χ0) is 10.7. The second-order valence-electron chi connectivity index (χ2n) is 3.62. The van der Waals surface area contributed by atoms with Crippen molar-refractivity contribution in [2.45, 2.75) is 19.8 Å². The molecule has 0 bridgehead atoms. The minimum absolute atomic E-state index is 0.784. The summed E-state index contributed by atoms with van der Waals surface area (Å²) in [6.07, 6.45) is 3.97. The molecular weight excluding hydrogens is 186 g/mol. The highest BCUT2D eigenvalue weighted by atomic mass is 14.9. The van der Waals surface area contributed by atoms with Gasteiger partial charge in [0, 0.05) is 12.1 Å². The zero-order valence-electron chi connectivity index (χ0n) is 8.83. The number of aromatic amines is 1. The molecule has 15 heavy (non-hydrogen) atoms. The topological polar surface area (TPSA) is 54.7 Å². The number of imidazole rings is 1. The van der Waals surface area contributed by atoms with Crippen molar-refractivity contribution in [3.05, 3.63) is 36.3 Å². The number of nitrogen functional groups attached to an aromatic ring is 1. The van der Waals surface area contributed by atoms with E-state index in [0.717, 1.165) is 35.6 Å². The first-order valence-corrected chi connectivity index (χ1v) is 5.19. The molecule has 2 aromatic rings. The molecule has 1 aromatic carbocycles. The van der Waals surface area contributed by atoms with Gasteiger partial charge in [0.1, 0.15) is 5.82 Å². The summed E-state index contributed by atoms with van der Waals surface area (Å²) in [5.74, 6) is 1.05. The zero-order valence-corrected chi connectivity index (χ0v) is 8.83. The van der Waals surface area contributed by atoms with Crippen LogP contribution < -0.4 is 5.73 Å². The monoisotopic (exact) mass is 201 g/mol. The maximum atomic E-state index is 5.63. The van der Waals surface area contributed by atoms with E-state index in [9.17, 15) is 0 Å². The summed E-state index contributed by atoms with van der Waals surface area (Å²) in [5, 5.41) is 0. The maximum absolute atomic E-state index is 5.63. The number of nitrogens with two attached hydrogens (primary N) is 1. The molecule has 78 valence electrons. The molecule has 0 saturated heterocycles. The number of aromatic nitrogens is 2. The van der Waals surface area contributed by atoms with Gasteiger partial charge in [-0.05, 0) is 24.1 Å². The van der Waals surface area contributed by atoms with Crippen LogP contribution >= 0.6 is 0 Å². The molecule has 3 nitrogen and oxygen atoms in total. The van der Waals surface area contributed by atoms with E-state index < -0.39 is 0 Å². The Kier molecular flexibility index (Phi) is 2.72. The summed E-state index contributed by atoms with van der Waals surface area (Å²) >= 11 is 0. The van der Waals surface area contributed by atoms with Gasteiger partial charge in [-0.15, -0.1) is 0 Å². The Morgan fingerprint density at radius 2 is 2.00 bits per heavy atom. The lowest BCUT2D eigenvalue weighted by Crippen LogP contribution is -1.86. The Morgan fingerprint density at radius 3 is 2.67 bits per heavy atom. The van der Waals surface area contributed by atoms with Crippen LogP contribution in [0.4, 0.5) is 5.69 Å². The van der Waals surface area contributed by atoms with E-state index in [1.54, 1.807) is 0 Å². The molecule has 1 aromatic heterocycles. The number of hydrogen-bond donors (Lipinski definition) is 2. The fourth-order valence-corrected chi connectivity index (χ4v) is 1.54. The standard InChI is InChI=1S/C12H15N3/c1-2-3-12-14-8-11(15-12)9-4-6-10(13)7-5-9/h4-8H,2-3,13H2,1H3,(H,14,15). The largest absolute Gasteiger partial charge is 0.399 e. The number of rotatable bonds is 3. The first-order chi connectivity index (χ1) is 7.29. The smallest absolute Gasteiger partial charge is 0.106 e. The van der Waals surface area contributed by atoms with Gasteiger partial charge in [-0.25, -0.2) is 4.98 Å². The third-order valence-corrected chi connectivity index (χ3v) is 2.34. The van der Waals surface area contributed by atoms with Gasteiger partial charge in [0.15, 0.2) is 0 Å². The van der Waals surface area contributed by atoms with E-state index in [0.29, 0.717) is 0 Å². The molecule has 0 aliphatic rings. The lowest BCUT2D eigenvalue weighted by atomic mass is 10.1. The second-order valence-corrected chi connectivity index (χ2v) is 3.62. The van der Waals surface area contributed by atoms with Crippen LogP contribution in [-0.4, -0.2) is 9.97 Å². The van der Waals surface area contributed by atoms with E-state index in [1.807, 2.05) is 30.5 Å². The van der Waals surface area contributed by atoms with Crippen LogP contribution in [0.5, 0.6) is 0 Å². The highest BCUT2D eigenvalue weighted by molar-refractivity contribution is 5.61. The minimum atomic E-state index is 0.784. The van der Waals surface area contributed by atoms with Gasteiger partial charge in [-0.2, -0.15) is 0 Å². The Bertz CT molecular complexity index is 428. The number of aryl methyl sites for hydroxylation is 1. The van der Waals surface area contributed by atoms with E-state index in [2.05, 4.69) is 16.9 Å². The number of benzene rings is 1. The van der Waals surface area contributed by atoms with Crippen molar-refractivity contribution in [3.63, 3.8) is 0 Å². The van der Waals surface area contributed by atoms with Gasteiger partial charge in [-0.1, -0.05) is 19.1 Å². The Balaban J connectivity index is 2.25. The molecule has 0 atom stereocenters. The average molecular weight is 201 g/mol. The highest BCUT2D eigenvalue weighted by Crippen LogP contribution is 2.18. The van der Waals surface area contributed by atoms with Gasteiger partial charge in [0.05, 0.1) is 11.9 Å². The van der Waals surface area contributed by atoms with Crippen molar-refractivity contribution < 1.29 is 0 Å². The van der Waals surface area contributed by atoms with Crippen molar-refractivity contribution in [2.24, 2.45) is 0 Å². The van der Waals surface area contributed by atoms with Crippen LogP contribution in [0.3, 0.4) is 0 Å². The summed E-state index contributed by atoms with van der Waals surface area (Å²) in [6.45, 7) is 2.14. The van der Waals surface area contributed by atoms with Gasteiger partial charge in [0.2, 0.25) is 0 Å². The van der Waals surface area contributed by atoms with E-state index in [1.165, 1.54) is 0 Å². The Hall–Kier alpha value is -1.77. The Labute approximate surface area is 89.4 Å². The summed E-state index contributed by atoms with van der Waals surface area (Å²) in [6, 6.07) is 7.79. The fourth-order valence-electron chi connectivity index (χ4n) is 1.54. The number of H-pyrrole nitrogens is 1. The van der Waals surface area contributed by atoms with E-state index in [-0.39, 0.29) is 0 Å². The molecule has 1 heterocycles. The number of nitrogens with one attached hydrogen (secondary N) is 1. The molecule has 0 radical (unpaired) electrons. The van der Waals surface area contributed by atoms with Gasteiger partial charge < -0.3 is 10.7 Å². The minimum Gasteiger partial charge on any atom is -0.399 e. The molecule has 0 aliphatic carbocycles. The average Bonchev–Trinajstić information content (AvgIpc) is 2.68. The van der Waals surface area contributed by atoms with Crippen LogP contribution in [0.15, 0.2) is 30.5 Å². The van der Waals surface area contributed by atoms with Gasteiger partial charge in [-0.3, -0.25) is 0 Å². The third kappa shape index (κ3) is 2.18. The number of hydrogen-bond acceptors (Lipinski definition) is 2. The molecule has 0 fully saturated rings. The van der Waals surface area contributed by atoms with Crippen LogP contribution in [0.25, 0.3) is 11.3 Å². The van der Waals surface area contributed by atoms with Crippen molar-refractivity contribution >= 4 is 5.69 Å². The van der Waals surface area contributed by atoms with E-state index in [4.69, 9.17) is 5.73 Å². The van der Waals surface area contributed by atoms with Gasteiger partial charge >= 0.3 is 0 Å². The molecule has 0 aliphatic heterocycles. The quantitative estimate of drug-likeness (QED) is 0.750. The lowest BCUT2D eigenvalue weighted by molar-refractivity contribution is 0.857. The normalized spacial score (nSPS) is 10.5. The number of nitrogens with zero attached hydrogens (tertiary/aromatic N) is 1. The molecule has 0 saturated carbocycles. The van der Waals surface area contributed by atoms with E-state index >= 15 is 0 Å². The molecule has 3 heteroatoms. The fraction of sp³-hybridized carbons (Fsp3) is 0.250. The lowest BCUT2D eigenvalue weighted by Gasteiger charge is -1.98. The second kappa shape index (κ2) is 4.17. The number of anilines is 1. The summed E-state index contributed by atoms with van der Waals surface area (Å²) in [7, 11) is 0. The first kappa shape index (κ1) is 9.77. The van der Waals surface area contributed by atoms with Crippen molar-refractivity contribution in [3.8, 4) is 11.3 Å². The Morgan fingerprint density at radius 1 is 1.27 bits per heavy atom. The molecule has 0 amide bonds. The van der Waals surface area contributed by atoms with Crippen LogP contribution in [0.1, 0.15) is 19.2 Å². The first-order valence-electron chi connectivity index (χ1n) is 5.19. The van der Waals surface area contributed by atoms with Crippen LogP contribution in [0, 0.1) is 0 Å². The van der Waals surface area contributed by atoms with Crippen LogP contribution in [0.2, 0.25) is 0 Å².